The standard InChI is InChI=1S/C18H22N4O3/c1-11-14-10-19-22(13-4-5-13)16(14)21-15(20-11)12-6-8-18(25-3,9-7-12)17(23)24-2/h6,10,13H,4-5,7-9H2,1-3H3. The average Bonchev–Trinajstić information content (AvgIpc) is 3.40. The van der Waals surface area contributed by atoms with Crippen molar-refractivity contribution in [3.05, 3.63) is 23.8 Å². The van der Waals surface area contributed by atoms with Crippen LogP contribution in [-0.2, 0) is 14.3 Å². The minimum absolute atomic E-state index is 0.329. The number of aryl methyl sites for hydroxylation is 1. The molecule has 7 nitrogen and oxygen atoms in total. The summed E-state index contributed by atoms with van der Waals surface area (Å²) in [6.45, 7) is 1.99. The lowest BCUT2D eigenvalue weighted by Gasteiger charge is -2.32. The van der Waals surface area contributed by atoms with Crippen molar-refractivity contribution in [2.75, 3.05) is 14.2 Å². The van der Waals surface area contributed by atoms with Crippen LogP contribution in [0.2, 0.25) is 0 Å². The fraction of sp³-hybridized carbons (Fsp3) is 0.556. The van der Waals surface area contributed by atoms with Crippen molar-refractivity contribution in [1.82, 2.24) is 19.7 Å². The molecule has 1 atom stereocenters. The van der Waals surface area contributed by atoms with Gasteiger partial charge in [0.05, 0.1) is 30.4 Å². The Labute approximate surface area is 146 Å². The number of hydrogen-bond acceptors (Lipinski definition) is 6. The molecule has 1 saturated carbocycles. The number of esters is 1. The van der Waals surface area contributed by atoms with E-state index in [1.807, 2.05) is 23.9 Å². The molecule has 7 heteroatoms. The van der Waals surface area contributed by atoms with Gasteiger partial charge in [0, 0.05) is 13.5 Å². The number of allylic oxidation sites excluding steroid dienone is 1. The number of aromatic nitrogens is 4. The van der Waals surface area contributed by atoms with Gasteiger partial charge < -0.3 is 9.47 Å². The van der Waals surface area contributed by atoms with Crippen LogP contribution in [0, 0.1) is 6.92 Å². The second-order valence-electron chi connectivity index (χ2n) is 6.81. The normalized spacial score (nSPS) is 23.6. The van der Waals surface area contributed by atoms with Gasteiger partial charge in [-0.1, -0.05) is 6.08 Å². The minimum atomic E-state index is -0.896. The van der Waals surface area contributed by atoms with Gasteiger partial charge in [0.15, 0.2) is 17.1 Å². The first-order valence-corrected chi connectivity index (χ1v) is 8.63. The van der Waals surface area contributed by atoms with Crippen LogP contribution in [0.4, 0.5) is 0 Å². The fourth-order valence-corrected chi connectivity index (χ4v) is 3.47. The van der Waals surface area contributed by atoms with Gasteiger partial charge in [0.2, 0.25) is 0 Å². The third-order valence-electron chi connectivity index (χ3n) is 5.25. The van der Waals surface area contributed by atoms with Gasteiger partial charge in [-0.05, 0) is 38.2 Å². The Morgan fingerprint density at radius 2 is 2.12 bits per heavy atom. The first kappa shape index (κ1) is 16.2. The largest absolute Gasteiger partial charge is 0.467 e. The van der Waals surface area contributed by atoms with Crippen molar-refractivity contribution < 1.29 is 14.3 Å². The van der Waals surface area contributed by atoms with Gasteiger partial charge in [-0.15, -0.1) is 0 Å². The molecule has 2 aromatic rings. The Kier molecular flexibility index (Phi) is 3.83. The number of hydrogen-bond donors (Lipinski definition) is 0. The Balaban J connectivity index is 1.69. The van der Waals surface area contributed by atoms with E-state index in [1.165, 1.54) is 7.11 Å². The minimum Gasteiger partial charge on any atom is -0.467 e. The third kappa shape index (κ3) is 2.63. The average molecular weight is 342 g/mol. The van der Waals surface area contributed by atoms with Gasteiger partial charge in [-0.2, -0.15) is 5.10 Å². The Bertz CT molecular complexity index is 869. The van der Waals surface area contributed by atoms with E-state index in [0.29, 0.717) is 25.3 Å². The predicted molar refractivity (Wildman–Crippen MR) is 91.9 cm³/mol. The summed E-state index contributed by atoms with van der Waals surface area (Å²) in [6, 6.07) is 0.473. The second-order valence-corrected chi connectivity index (χ2v) is 6.81. The van der Waals surface area contributed by atoms with Crippen LogP contribution >= 0.6 is 0 Å². The molecule has 2 aliphatic rings. The zero-order chi connectivity index (χ0) is 17.6. The van der Waals surface area contributed by atoms with Gasteiger partial charge in [-0.3, -0.25) is 0 Å². The van der Waals surface area contributed by atoms with Crippen LogP contribution in [0.3, 0.4) is 0 Å². The zero-order valence-corrected chi connectivity index (χ0v) is 14.8. The first-order valence-electron chi connectivity index (χ1n) is 8.63. The molecule has 0 radical (unpaired) electrons. The summed E-state index contributed by atoms with van der Waals surface area (Å²) < 4.78 is 12.4. The van der Waals surface area contributed by atoms with E-state index in [-0.39, 0.29) is 5.97 Å². The molecular weight excluding hydrogens is 320 g/mol. The number of carbonyl (C=O) groups is 1. The number of rotatable bonds is 4. The lowest BCUT2D eigenvalue weighted by molar-refractivity contribution is -0.166. The van der Waals surface area contributed by atoms with Gasteiger partial charge >= 0.3 is 5.97 Å². The van der Waals surface area contributed by atoms with Crippen molar-refractivity contribution >= 4 is 22.6 Å². The van der Waals surface area contributed by atoms with E-state index in [2.05, 4.69) is 10.1 Å². The van der Waals surface area contributed by atoms with E-state index >= 15 is 0 Å². The summed E-state index contributed by atoms with van der Waals surface area (Å²) in [4.78, 5) is 21.5. The van der Waals surface area contributed by atoms with E-state index in [1.54, 1.807) is 7.11 Å². The maximum absolute atomic E-state index is 12.1. The molecule has 2 aliphatic carbocycles. The topological polar surface area (TPSA) is 79.1 Å². The summed E-state index contributed by atoms with van der Waals surface area (Å²) in [6.07, 6.45) is 7.88. The molecule has 132 valence electrons. The van der Waals surface area contributed by atoms with Crippen LogP contribution in [-0.4, -0.2) is 45.5 Å². The molecule has 0 aliphatic heterocycles. The summed E-state index contributed by atoms with van der Waals surface area (Å²) in [7, 11) is 2.94. The third-order valence-corrected chi connectivity index (χ3v) is 5.25. The lowest BCUT2D eigenvalue weighted by Crippen LogP contribution is -2.42. The van der Waals surface area contributed by atoms with Crippen molar-refractivity contribution in [3.8, 4) is 0 Å². The highest BCUT2D eigenvalue weighted by atomic mass is 16.6. The van der Waals surface area contributed by atoms with E-state index in [0.717, 1.165) is 41.0 Å². The summed E-state index contributed by atoms with van der Waals surface area (Å²) in [5.74, 6) is 0.395. The number of fused-ring (bicyclic) bond motifs is 1. The van der Waals surface area contributed by atoms with Gasteiger partial charge in [0.25, 0.3) is 0 Å². The fourth-order valence-electron chi connectivity index (χ4n) is 3.47. The molecule has 0 aromatic carbocycles. The molecule has 1 fully saturated rings. The Morgan fingerprint density at radius 3 is 2.72 bits per heavy atom. The molecule has 0 spiro atoms. The maximum atomic E-state index is 12.1. The van der Waals surface area contributed by atoms with Crippen molar-refractivity contribution in [2.24, 2.45) is 0 Å². The predicted octanol–water partition coefficient (Wildman–Crippen LogP) is 2.60. The smallest absolute Gasteiger partial charge is 0.338 e. The number of carbonyl (C=O) groups excluding carboxylic acids is 1. The van der Waals surface area contributed by atoms with Gasteiger partial charge in [0.1, 0.15) is 0 Å². The molecule has 4 rings (SSSR count). The first-order chi connectivity index (χ1) is 12.1. The Morgan fingerprint density at radius 1 is 1.32 bits per heavy atom. The SMILES string of the molecule is COC(=O)C1(OC)CC=C(c2nc(C)c3cnn(C4CC4)c3n2)CC1. The summed E-state index contributed by atoms with van der Waals surface area (Å²) >= 11 is 0. The number of ether oxygens (including phenoxy) is 2. The molecule has 1 unspecified atom stereocenters. The van der Waals surface area contributed by atoms with Crippen LogP contribution < -0.4 is 0 Å². The summed E-state index contributed by atoms with van der Waals surface area (Å²) in [5, 5.41) is 5.50. The van der Waals surface area contributed by atoms with Crippen LogP contribution in [0.5, 0.6) is 0 Å². The number of nitrogens with zero attached hydrogens (tertiary/aromatic N) is 4. The second kappa shape index (κ2) is 5.91. The molecule has 2 aromatic heterocycles. The molecule has 0 N–H and O–H groups in total. The number of methoxy groups -OCH3 is 2. The van der Waals surface area contributed by atoms with Crippen LogP contribution in [0.25, 0.3) is 16.6 Å². The highest BCUT2D eigenvalue weighted by molar-refractivity contribution is 5.82. The van der Waals surface area contributed by atoms with E-state index in [9.17, 15) is 4.79 Å². The van der Waals surface area contributed by atoms with Crippen molar-refractivity contribution in [2.45, 2.75) is 50.7 Å². The van der Waals surface area contributed by atoms with Crippen LogP contribution in [0.1, 0.15) is 49.7 Å². The zero-order valence-electron chi connectivity index (χ0n) is 14.8. The maximum Gasteiger partial charge on any atom is 0.338 e. The quantitative estimate of drug-likeness (QED) is 0.795. The van der Waals surface area contributed by atoms with Crippen LogP contribution in [0.15, 0.2) is 12.3 Å². The molecule has 0 bridgehead atoms. The monoisotopic (exact) mass is 342 g/mol. The molecule has 0 amide bonds. The highest BCUT2D eigenvalue weighted by Crippen LogP contribution is 2.38. The van der Waals surface area contributed by atoms with Crippen molar-refractivity contribution in [3.63, 3.8) is 0 Å². The Hall–Kier alpha value is -2.28. The van der Waals surface area contributed by atoms with E-state index in [4.69, 9.17) is 14.5 Å². The van der Waals surface area contributed by atoms with E-state index < -0.39 is 5.60 Å². The van der Waals surface area contributed by atoms with Gasteiger partial charge in [-0.25, -0.2) is 19.4 Å². The van der Waals surface area contributed by atoms with Crippen molar-refractivity contribution in [1.29, 1.82) is 0 Å². The molecule has 2 heterocycles. The molecule has 0 saturated heterocycles. The summed E-state index contributed by atoms with van der Waals surface area (Å²) in [5.41, 5.74) is 1.99. The lowest BCUT2D eigenvalue weighted by atomic mass is 9.85. The highest BCUT2D eigenvalue weighted by Gasteiger charge is 2.41. The molecule has 25 heavy (non-hydrogen) atoms. The molecular formula is C18H22N4O3.